The van der Waals surface area contributed by atoms with E-state index in [-0.39, 0.29) is 0 Å². The zero-order chi connectivity index (χ0) is 14.5. The van der Waals surface area contributed by atoms with Crippen LogP contribution in [0.2, 0.25) is 0 Å². The molecule has 5 nitrogen and oxygen atoms in total. The van der Waals surface area contributed by atoms with E-state index < -0.39 is 12.0 Å². The average Bonchev–Trinajstić information content (AvgIpc) is 2.89. The van der Waals surface area contributed by atoms with Crippen molar-refractivity contribution >= 4 is 5.97 Å². The lowest BCUT2D eigenvalue weighted by Gasteiger charge is -2.14. The van der Waals surface area contributed by atoms with Gasteiger partial charge in [-0.05, 0) is 19.4 Å². The van der Waals surface area contributed by atoms with Gasteiger partial charge in [0.2, 0.25) is 0 Å². The van der Waals surface area contributed by atoms with E-state index in [1.807, 2.05) is 55.1 Å². The number of rotatable bonds is 6. The van der Waals surface area contributed by atoms with Crippen LogP contribution in [0.15, 0.2) is 42.7 Å². The molecule has 0 saturated heterocycles. The summed E-state index contributed by atoms with van der Waals surface area (Å²) in [5.41, 5.74) is 1.72. The van der Waals surface area contributed by atoms with Crippen LogP contribution in [0.1, 0.15) is 37.1 Å². The van der Waals surface area contributed by atoms with Crippen molar-refractivity contribution < 1.29 is 9.90 Å². The standard InChI is InChI=1S/C15H19N3O2/c1-11(2)18-10-12(9-17-18)8-16-14(15(19)20)13-6-4-3-5-7-13/h3-7,9-11,14,16H,8H2,1-2H3,(H,19,20)/t14-/m0/s1. The molecule has 2 aromatic rings. The third-order valence-corrected chi connectivity index (χ3v) is 3.07. The summed E-state index contributed by atoms with van der Waals surface area (Å²) in [6.07, 6.45) is 3.69. The van der Waals surface area contributed by atoms with E-state index in [4.69, 9.17) is 0 Å². The highest BCUT2D eigenvalue weighted by atomic mass is 16.4. The van der Waals surface area contributed by atoms with Crippen molar-refractivity contribution in [1.82, 2.24) is 15.1 Å². The Morgan fingerprint density at radius 2 is 2.05 bits per heavy atom. The van der Waals surface area contributed by atoms with Crippen molar-refractivity contribution in [3.63, 3.8) is 0 Å². The molecule has 1 aromatic carbocycles. The number of hydrogen-bond donors (Lipinski definition) is 2. The molecule has 0 saturated carbocycles. The number of nitrogens with zero attached hydrogens (tertiary/aromatic N) is 2. The highest BCUT2D eigenvalue weighted by molar-refractivity contribution is 5.75. The van der Waals surface area contributed by atoms with Gasteiger partial charge in [0.25, 0.3) is 0 Å². The molecule has 2 rings (SSSR count). The van der Waals surface area contributed by atoms with E-state index in [9.17, 15) is 9.90 Å². The van der Waals surface area contributed by atoms with Crippen LogP contribution in [0.4, 0.5) is 0 Å². The van der Waals surface area contributed by atoms with E-state index in [0.717, 1.165) is 11.1 Å². The van der Waals surface area contributed by atoms with Crippen molar-refractivity contribution in [1.29, 1.82) is 0 Å². The maximum atomic E-state index is 11.4. The number of aliphatic carboxylic acids is 1. The first-order chi connectivity index (χ1) is 9.58. The van der Waals surface area contributed by atoms with Gasteiger partial charge < -0.3 is 5.11 Å². The summed E-state index contributed by atoms with van der Waals surface area (Å²) in [4.78, 5) is 11.4. The molecule has 0 fully saturated rings. The highest BCUT2D eigenvalue weighted by Gasteiger charge is 2.18. The first-order valence-corrected chi connectivity index (χ1v) is 6.62. The molecule has 106 valence electrons. The first kappa shape index (κ1) is 14.3. The fourth-order valence-electron chi connectivity index (χ4n) is 1.96. The van der Waals surface area contributed by atoms with E-state index in [1.165, 1.54) is 0 Å². The quantitative estimate of drug-likeness (QED) is 0.848. The summed E-state index contributed by atoms with van der Waals surface area (Å²) < 4.78 is 1.86. The first-order valence-electron chi connectivity index (χ1n) is 6.62. The van der Waals surface area contributed by atoms with Crippen LogP contribution in [0.5, 0.6) is 0 Å². The maximum absolute atomic E-state index is 11.4. The van der Waals surface area contributed by atoms with Crippen molar-refractivity contribution in [2.75, 3.05) is 0 Å². The molecule has 20 heavy (non-hydrogen) atoms. The Balaban J connectivity index is 2.04. The van der Waals surface area contributed by atoms with Gasteiger partial charge in [0.1, 0.15) is 6.04 Å². The molecule has 1 atom stereocenters. The van der Waals surface area contributed by atoms with E-state index in [2.05, 4.69) is 10.4 Å². The van der Waals surface area contributed by atoms with Gasteiger partial charge >= 0.3 is 5.97 Å². The van der Waals surface area contributed by atoms with Crippen LogP contribution in [-0.4, -0.2) is 20.9 Å². The predicted molar refractivity (Wildman–Crippen MR) is 76.3 cm³/mol. The van der Waals surface area contributed by atoms with Gasteiger partial charge in [0, 0.05) is 24.3 Å². The van der Waals surface area contributed by atoms with E-state index in [0.29, 0.717) is 12.6 Å². The smallest absolute Gasteiger partial charge is 0.325 e. The lowest BCUT2D eigenvalue weighted by Crippen LogP contribution is -2.27. The average molecular weight is 273 g/mol. The third kappa shape index (κ3) is 3.45. The molecule has 0 aliphatic carbocycles. The number of carboxylic acids is 1. The van der Waals surface area contributed by atoms with Crippen molar-refractivity contribution in [2.45, 2.75) is 32.5 Å². The number of benzene rings is 1. The fraction of sp³-hybridized carbons (Fsp3) is 0.333. The summed E-state index contributed by atoms with van der Waals surface area (Å²) in [7, 11) is 0. The van der Waals surface area contributed by atoms with Crippen LogP contribution < -0.4 is 5.32 Å². The SMILES string of the molecule is CC(C)n1cc(CN[C@H](C(=O)O)c2ccccc2)cn1. The number of hydrogen-bond acceptors (Lipinski definition) is 3. The third-order valence-electron chi connectivity index (χ3n) is 3.07. The Kier molecular flexibility index (Phi) is 4.53. The Bertz CT molecular complexity index is 564. The summed E-state index contributed by atoms with van der Waals surface area (Å²) in [6, 6.07) is 8.75. The molecule has 0 bridgehead atoms. The predicted octanol–water partition coefficient (Wildman–Crippen LogP) is 2.38. The molecule has 2 N–H and O–H groups in total. The summed E-state index contributed by atoms with van der Waals surface area (Å²) in [5, 5.41) is 16.6. The fourth-order valence-corrected chi connectivity index (χ4v) is 1.96. The lowest BCUT2D eigenvalue weighted by molar-refractivity contribution is -0.139. The van der Waals surface area contributed by atoms with Gasteiger partial charge in [-0.15, -0.1) is 0 Å². The highest BCUT2D eigenvalue weighted by Crippen LogP contribution is 2.14. The van der Waals surface area contributed by atoms with Crippen molar-refractivity contribution in [2.24, 2.45) is 0 Å². The lowest BCUT2D eigenvalue weighted by atomic mass is 10.1. The van der Waals surface area contributed by atoms with Crippen LogP contribution in [0.3, 0.4) is 0 Å². The second-order valence-electron chi connectivity index (χ2n) is 4.99. The van der Waals surface area contributed by atoms with Crippen LogP contribution in [-0.2, 0) is 11.3 Å². The summed E-state index contributed by atoms with van der Waals surface area (Å²) in [5.74, 6) is -0.882. The molecule has 0 amide bonds. The van der Waals surface area contributed by atoms with Gasteiger partial charge in [-0.25, -0.2) is 0 Å². The van der Waals surface area contributed by atoms with Gasteiger partial charge in [0.15, 0.2) is 0 Å². The largest absolute Gasteiger partial charge is 0.480 e. The Labute approximate surface area is 118 Å². The normalized spacial score (nSPS) is 12.6. The van der Waals surface area contributed by atoms with Crippen molar-refractivity contribution in [3.8, 4) is 0 Å². The van der Waals surface area contributed by atoms with Crippen molar-refractivity contribution in [3.05, 3.63) is 53.9 Å². The molecule has 0 spiro atoms. The molecular weight excluding hydrogens is 254 g/mol. The molecule has 0 radical (unpaired) electrons. The van der Waals surface area contributed by atoms with Crippen LogP contribution >= 0.6 is 0 Å². The number of aromatic nitrogens is 2. The minimum absolute atomic E-state index is 0.299. The molecule has 0 unspecified atom stereocenters. The molecule has 0 aliphatic rings. The second-order valence-corrected chi connectivity index (χ2v) is 4.99. The molecule has 5 heteroatoms. The number of carboxylic acid groups (broad SMARTS) is 1. The number of carbonyl (C=O) groups is 1. The minimum atomic E-state index is -0.882. The summed E-state index contributed by atoms with van der Waals surface area (Å²) in [6.45, 7) is 4.57. The molecular formula is C15H19N3O2. The van der Waals surface area contributed by atoms with E-state index >= 15 is 0 Å². The van der Waals surface area contributed by atoms with Crippen LogP contribution in [0, 0.1) is 0 Å². The molecule has 1 aromatic heterocycles. The molecule has 1 heterocycles. The Morgan fingerprint density at radius 3 is 2.60 bits per heavy atom. The van der Waals surface area contributed by atoms with Gasteiger partial charge in [-0.3, -0.25) is 14.8 Å². The Morgan fingerprint density at radius 1 is 1.35 bits per heavy atom. The maximum Gasteiger partial charge on any atom is 0.325 e. The number of nitrogens with one attached hydrogen (secondary N) is 1. The van der Waals surface area contributed by atoms with E-state index in [1.54, 1.807) is 6.20 Å². The monoisotopic (exact) mass is 273 g/mol. The zero-order valence-corrected chi connectivity index (χ0v) is 11.7. The minimum Gasteiger partial charge on any atom is -0.480 e. The topological polar surface area (TPSA) is 67.2 Å². The second kappa shape index (κ2) is 6.34. The zero-order valence-electron chi connectivity index (χ0n) is 11.7. The molecule has 0 aliphatic heterocycles. The van der Waals surface area contributed by atoms with Gasteiger partial charge in [-0.2, -0.15) is 5.10 Å². The van der Waals surface area contributed by atoms with Crippen LogP contribution in [0.25, 0.3) is 0 Å². The van der Waals surface area contributed by atoms with Gasteiger partial charge in [0.05, 0.1) is 6.20 Å². The Hall–Kier alpha value is -2.14. The van der Waals surface area contributed by atoms with Gasteiger partial charge in [-0.1, -0.05) is 30.3 Å². The summed E-state index contributed by atoms with van der Waals surface area (Å²) >= 11 is 0.